The van der Waals surface area contributed by atoms with Gasteiger partial charge < -0.3 is 9.53 Å². The average Bonchev–Trinajstić information content (AvgIpc) is 2.97. The number of hydrogen-bond acceptors (Lipinski definition) is 4. The smallest absolute Gasteiger partial charge is 0.306 e. The Balaban J connectivity index is 1.58. The molecule has 0 N–H and O–H groups in total. The molecule has 4 nitrogen and oxygen atoms in total. The number of esters is 1. The molecule has 0 radical (unpaired) electrons. The highest BCUT2D eigenvalue weighted by atomic mass is 16.5. The average molecular weight is 328 g/mol. The van der Waals surface area contributed by atoms with E-state index in [-0.39, 0.29) is 23.6 Å². The fourth-order valence-corrected chi connectivity index (χ4v) is 2.94. The van der Waals surface area contributed by atoms with Crippen molar-refractivity contribution in [2.45, 2.75) is 45.1 Å². The topological polar surface area (TPSA) is 60.4 Å². The molecule has 0 saturated heterocycles. The quantitative estimate of drug-likeness (QED) is 0.300. The van der Waals surface area contributed by atoms with Crippen LogP contribution in [-0.2, 0) is 25.7 Å². The molecule has 1 aliphatic rings. The van der Waals surface area contributed by atoms with Crippen LogP contribution in [0, 0.1) is 11.8 Å². The molecule has 1 fully saturated rings. The number of benzene rings is 1. The van der Waals surface area contributed by atoms with Gasteiger partial charge in [0.05, 0.1) is 0 Å². The van der Waals surface area contributed by atoms with Gasteiger partial charge in [-0.25, -0.2) is 0 Å². The second-order valence-corrected chi connectivity index (χ2v) is 6.16. The van der Waals surface area contributed by atoms with Crippen molar-refractivity contribution in [3.8, 4) is 0 Å². The molecule has 0 aliphatic heterocycles. The Morgan fingerprint density at radius 3 is 2.75 bits per heavy atom. The standard InChI is InChI=1S/C20H24O4/c21-14-17-12-13-19(22)18(17)10-6-1-2-7-11-20(23)24-15-16-8-4-3-5-9-16/h1,3-6,8-9,14,17-18H,2,7,10-13,15H2/b6-1-/t17-,18-/m1/s1. The van der Waals surface area contributed by atoms with E-state index in [1.807, 2.05) is 42.5 Å². The first-order valence-corrected chi connectivity index (χ1v) is 8.53. The van der Waals surface area contributed by atoms with Gasteiger partial charge in [-0.2, -0.15) is 0 Å². The minimum absolute atomic E-state index is 0.116. The summed E-state index contributed by atoms with van der Waals surface area (Å²) in [5.41, 5.74) is 0.983. The summed E-state index contributed by atoms with van der Waals surface area (Å²) in [7, 11) is 0. The van der Waals surface area contributed by atoms with Crippen LogP contribution in [0.15, 0.2) is 42.5 Å². The van der Waals surface area contributed by atoms with Crippen LogP contribution >= 0.6 is 0 Å². The van der Waals surface area contributed by atoms with Crippen LogP contribution in [0.1, 0.15) is 44.1 Å². The minimum Gasteiger partial charge on any atom is -0.461 e. The van der Waals surface area contributed by atoms with Crippen LogP contribution in [-0.4, -0.2) is 18.0 Å². The number of carbonyl (C=O) groups excluding carboxylic acids is 3. The molecule has 1 aromatic carbocycles. The van der Waals surface area contributed by atoms with E-state index in [0.29, 0.717) is 32.3 Å². The molecule has 128 valence electrons. The number of allylic oxidation sites excluding steroid dienone is 2. The summed E-state index contributed by atoms with van der Waals surface area (Å²) in [4.78, 5) is 34.3. The summed E-state index contributed by atoms with van der Waals surface area (Å²) in [6.45, 7) is 0.312. The van der Waals surface area contributed by atoms with Gasteiger partial charge in [-0.1, -0.05) is 42.5 Å². The van der Waals surface area contributed by atoms with E-state index in [0.717, 1.165) is 24.7 Å². The third kappa shape index (κ3) is 5.76. The van der Waals surface area contributed by atoms with E-state index >= 15 is 0 Å². The molecular formula is C20H24O4. The fraction of sp³-hybridized carbons (Fsp3) is 0.450. The minimum atomic E-state index is -0.195. The summed E-state index contributed by atoms with van der Waals surface area (Å²) in [5.74, 6) is -0.259. The van der Waals surface area contributed by atoms with Crippen LogP contribution in [0.5, 0.6) is 0 Å². The number of carbonyl (C=O) groups is 3. The van der Waals surface area contributed by atoms with Gasteiger partial charge in [0, 0.05) is 24.7 Å². The second-order valence-electron chi connectivity index (χ2n) is 6.16. The van der Waals surface area contributed by atoms with E-state index in [9.17, 15) is 14.4 Å². The first-order valence-electron chi connectivity index (χ1n) is 8.53. The lowest BCUT2D eigenvalue weighted by Gasteiger charge is -2.09. The number of ketones is 1. The van der Waals surface area contributed by atoms with Crippen molar-refractivity contribution < 1.29 is 19.1 Å². The van der Waals surface area contributed by atoms with Gasteiger partial charge in [0.2, 0.25) is 0 Å². The number of hydrogen-bond donors (Lipinski definition) is 0. The van der Waals surface area contributed by atoms with Gasteiger partial charge in [0.25, 0.3) is 0 Å². The fourth-order valence-electron chi connectivity index (χ4n) is 2.94. The predicted octanol–water partition coefficient (Wildman–Crippen LogP) is 3.64. The molecule has 4 heteroatoms. The van der Waals surface area contributed by atoms with Crippen LogP contribution in [0.3, 0.4) is 0 Å². The van der Waals surface area contributed by atoms with Crippen molar-refractivity contribution in [1.82, 2.24) is 0 Å². The Kier molecular flexibility index (Phi) is 7.40. The van der Waals surface area contributed by atoms with Gasteiger partial charge in [0.1, 0.15) is 18.7 Å². The summed E-state index contributed by atoms with van der Waals surface area (Å²) >= 11 is 0. The maximum absolute atomic E-state index is 11.7. The lowest BCUT2D eigenvalue weighted by atomic mass is 9.93. The largest absolute Gasteiger partial charge is 0.461 e. The highest BCUT2D eigenvalue weighted by molar-refractivity contribution is 5.87. The molecule has 0 heterocycles. The van der Waals surface area contributed by atoms with Gasteiger partial charge in [-0.05, 0) is 31.2 Å². The molecule has 0 unspecified atom stereocenters. The van der Waals surface area contributed by atoms with Gasteiger partial charge >= 0.3 is 5.97 Å². The summed E-state index contributed by atoms with van der Waals surface area (Å²) in [5, 5.41) is 0. The Morgan fingerprint density at radius 1 is 1.21 bits per heavy atom. The number of aldehydes is 1. The van der Waals surface area contributed by atoms with E-state index < -0.39 is 0 Å². The number of rotatable bonds is 9. The van der Waals surface area contributed by atoms with Crippen molar-refractivity contribution in [1.29, 1.82) is 0 Å². The molecule has 1 aromatic rings. The number of Topliss-reactive ketones (excluding diaryl/α,β-unsaturated/α-hetero) is 1. The van der Waals surface area contributed by atoms with Crippen molar-refractivity contribution in [2.75, 3.05) is 0 Å². The molecule has 0 aromatic heterocycles. The normalized spacial score (nSPS) is 20.4. The molecule has 1 aliphatic carbocycles. The number of unbranched alkanes of at least 4 members (excludes halogenated alkanes) is 1. The van der Waals surface area contributed by atoms with Crippen LogP contribution in [0.4, 0.5) is 0 Å². The predicted molar refractivity (Wildman–Crippen MR) is 91.1 cm³/mol. The Morgan fingerprint density at radius 2 is 2.00 bits per heavy atom. The Hall–Kier alpha value is -2.23. The van der Waals surface area contributed by atoms with E-state index in [2.05, 4.69) is 0 Å². The molecule has 0 spiro atoms. The molecule has 2 atom stereocenters. The zero-order valence-electron chi connectivity index (χ0n) is 13.9. The zero-order chi connectivity index (χ0) is 17.2. The van der Waals surface area contributed by atoms with Crippen molar-refractivity contribution in [2.24, 2.45) is 11.8 Å². The molecule has 1 saturated carbocycles. The molecule has 0 amide bonds. The Labute approximate surface area is 142 Å². The molecule has 24 heavy (non-hydrogen) atoms. The van der Waals surface area contributed by atoms with Crippen molar-refractivity contribution in [3.05, 3.63) is 48.0 Å². The van der Waals surface area contributed by atoms with Gasteiger partial charge in [-0.15, -0.1) is 0 Å². The molecule has 0 bridgehead atoms. The maximum Gasteiger partial charge on any atom is 0.306 e. The highest BCUT2D eigenvalue weighted by Gasteiger charge is 2.33. The lowest BCUT2D eigenvalue weighted by molar-refractivity contribution is -0.145. The van der Waals surface area contributed by atoms with Crippen molar-refractivity contribution >= 4 is 18.0 Å². The number of ether oxygens (including phenoxy) is 1. The van der Waals surface area contributed by atoms with Crippen molar-refractivity contribution in [3.63, 3.8) is 0 Å². The molecular weight excluding hydrogens is 304 g/mol. The highest BCUT2D eigenvalue weighted by Crippen LogP contribution is 2.30. The summed E-state index contributed by atoms with van der Waals surface area (Å²) < 4.78 is 5.21. The molecule has 2 rings (SSSR count). The monoisotopic (exact) mass is 328 g/mol. The SMILES string of the molecule is O=C[C@H]1CCC(=O)[C@@H]1C/C=C\CCCC(=O)OCc1ccccc1. The van der Waals surface area contributed by atoms with E-state index in [1.54, 1.807) is 0 Å². The van der Waals surface area contributed by atoms with Crippen LogP contribution in [0.25, 0.3) is 0 Å². The lowest BCUT2D eigenvalue weighted by Crippen LogP contribution is -2.14. The first-order chi connectivity index (χ1) is 11.7. The van der Waals surface area contributed by atoms with E-state index in [4.69, 9.17) is 4.74 Å². The summed E-state index contributed by atoms with van der Waals surface area (Å²) in [6, 6.07) is 9.60. The second kappa shape index (κ2) is 9.81. The first kappa shape index (κ1) is 18.1. The summed E-state index contributed by atoms with van der Waals surface area (Å²) in [6.07, 6.45) is 8.57. The van der Waals surface area contributed by atoms with Crippen LogP contribution in [0.2, 0.25) is 0 Å². The van der Waals surface area contributed by atoms with Gasteiger partial charge in [0.15, 0.2) is 0 Å². The Bertz CT molecular complexity index is 577. The van der Waals surface area contributed by atoms with Gasteiger partial charge in [-0.3, -0.25) is 9.59 Å². The third-order valence-corrected chi connectivity index (χ3v) is 4.38. The zero-order valence-corrected chi connectivity index (χ0v) is 13.9. The third-order valence-electron chi connectivity index (χ3n) is 4.38. The van der Waals surface area contributed by atoms with Crippen LogP contribution < -0.4 is 0 Å². The maximum atomic E-state index is 11.7. The van der Waals surface area contributed by atoms with E-state index in [1.165, 1.54) is 0 Å².